The minimum absolute atomic E-state index is 0.715. The van der Waals surface area contributed by atoms with Crippen LogP contribution < -0.4 is 0 Å². The zero-order valence-electron chi connectivity index (χ0n) is 9.71. The highest BCUT2D eigenvalue weighted by molar-refractivity contribution is 5.85. The van der Waals surface area contributed by atoms with Crippen LogP contribution in [0.3, 0.4) is 0 Å². The maximum absolute atomic E-state index is 4.45. The van der Waals surface area contributed by atoms with E-state index in [4.69, 9.17) is 0 Å². The van der Waals surface area contributed by atoms with Crippen LogP contribution in [0, 0.1) is 0 Å². The molecule has 0 N–H and O–H groups in total. The first kappa shape index (κ1) is 11.3. The van der Waals surface area contributed by atoms with E-state index in [1.807, 2.05) is 54.8 Å². The van der Waals surface area contributed by atoms with Crippen LogP contribution in [-0.2, 0) is 6.54 Å². The summed E-state index contributed by atoms with van der Waals surface area (Å²) in [5.41, 5.74) is 3.45. The molecule has 2 rings (SSSR count). The van der Waals surface area contributed by atoms with Crippen LogP contribution in [-0.4, -0.2) is 6.21 Å². The Bertz CT molecular complexity index is 512. The van der Waals surface area contributed by atoms with E-state index in [1.54, 1.807) is 0 Å². The molecular weight excluding hydrogens is 206 g/mol. The van der Waals surface area contributed by atoms with E-state index in [1.165, 1.54) is 5.56 Å². The minimum Gasteiger partial charge on any atom is -0.288 e. The zero-order valence-corrected chi connectivity index (χ0v) is 9.71. The molecule has 0 aliphatic heterocycles. The van der Waals surface area contributed by atoms with Gasteiger partial charge < -0.3 is 0 Å². The molecule has 0 saturated heterocycles. The Hall–Kier alpha value is -2.15. The maximum atomic E-state index is 4.45. The van der Waals surface area contributed by atoms with Gasteiger partial charge in [-0.1, -0.05) is 67.3 Å². The number of rotatable bonds is 4. The molecular formula is C16H15N. The highest BCUT2D eigenvalue weighted by Crippen LogP contribution is 2.08. The number of nitrogens with zero attached hydrogens (tertiary/aromatic N) is 1. The lowest BCUT2D eigenvalue weighted by atomic mass is 10.1. The largest absolute Gasteiger partial charge is 0.288 e. The van der Waals surface area contributed by atoms with Crippen LogP contribution >= 0.6 is 0 Å². The summed E-state index contributed by atoms with van der Waals surface area (Å²) in [5.74, 6) is 0. The second-order valence-corrected chi connectivity index (χ2v) is 3.79. The topological polar surface area (TPSA) is 12.4 Å². The Morgan fingerprint density at radius 2 is 1.53 bits per heavy atom. The van der Waals surface area contributed by atoms with E-state index in [0.717, 1.165) is 11.1 Å². The molecule has 0 amide bonds. The lowest BCUT2D eigenvalue weighted by molar-refractivity contribution is 1.08. The number of hydrogen-bond acceptors (Lipinski definition) is 1. The molecule has 0 aliphatic rings. The molecule has 0 spiro atoms. The van der Waals surface area contributed by atoms with Gasteiger partial charge in [0.15, 0.2) is 0 Å². The van der Waals surface area contributed by atoms with Gasteiger partial charge in [0.25, 0.3) is 0 Å². The van der Waals surface area contributed by atoms with Gasteiger partial charge >= 0.3 is 0 Å². The molecule has 17 heavy (non-hydrogen) atoms. The third kappa shape index (κ3) is 3.15. The van der Waals surface area contributed by atoms with Gasteiger partial charge in [-0.15, -0.1) is 0 Å². The van der Waals surface area contributed by atoms with Crippen molar-refractivity contribution in [3.05, 3.63) is 77.9 Å². The fourth-order valence-corrected chi connectivity index (χ4v) is 1.65. The highest BCUT2D eigenvalue weighted by Gasteiger charge is 1.93. The third-order valence-electron chi connectivity index (χ3n) is 2.56. The third-order valence-corrected chi connectivity index (χ3v) is 2.56. The van der Waals surface area contributed by atoms with Crippen LogP contribution in [0.15, 0.2) is 66.2 Å². The Morgan fingerprint density at radius 3 is 2.24 bits per heavy atom. The van der Waals surface area contributed by atoms with E-state index in [-0.39, 0.29) is 0 Å². The average molecular weight is 221 g/mol. The molecule has 0 saturated carbocycles. The lowest BCUT2D eigenvalue weighted by Gasteiger charge is -1.99. The SMILES string of the molecule is C=Cc1ccccc1C=NCc1ccccc1. The van der Waals surface area contributed by atoms with Crippen molar-refractivity contribution >= 4 is 12.3 Å². The van der Waals surface area contributed by atoms with E-state index >= 15 is 0 Å². The molecule has 0 aliphatic carbocycles. The van der Waals surface area contributed by atoms with Gasteiger partial charge in [-0.3, -0.25) is 4.99 Å². The Balaban J connectivity index is 2.08. The van der Waals surface area contributed by atoms with Gasteiger partial charge in [0.05, 0.1) is 6.54 Å². The molecule has 1 heteroatoms. The first-order valence-corrected chi connectivity index (χ1v) is 5.65. The molecule has 0 fully saturated rings. The summed E-state index contributed by atoms with van der Waals surface area (Å²) in [4.78, 5) is 4.45. The van der Waals surface area contributed by atoms with Gasteiger partial charge in [0, 0.05) is 6.21 Å². The standard InChI is InChI=1S/C16H15N/c1-2-15-10-6-7-11-16(15)13-17-12-14-8-4-3-5-9-14/h2-11,13H,1,12H2. The van der Waals surface area contributed by atoms with E-state index in [2.05, 4.69) is 23.7 Å². The van der Waals surface area contributed by atoms with Crippen molar-refractivity contribution in [3.63, 3.8) is 0 Å². The van der Waals surface area contributed by atoms with E-state index in [0.29, 0.717) is 6.54 Å². The maximum Gasteiger partial charge on any atom is 0.0639 e. The summed E-state index contributed by atoms with van der Waals surface area (Å²) in [6.45, 7) is 4.51. The van der Waals surface area contributed by atoms with E-state index in [9.17, 15) is 0 Å². The van der Waals surface area contributed by atoms with Crippen molar-refractivity contribution in [3.8, 4) is 0 Å². The molecule has 0 heterocycles. The van der Waals surface area contributed by atoms with Crippen LogP contribution in [0.2, 0.25) is 0 Å². The van der Waals surface area contributed by atoms with Gasteiger partial charge in [-0.2, -0.15) is 0 Å². The summed E-state index contributed by atoms with van der Waals surface area (Å²) in [6, 6.07) is 18.3. The predicted molar refractivity (Wildman–Crippen MR) is 74.3 cm³/mol. The molecule has 84 valence electrons. The lowest BCUT2D eigenvalue weighted by Crippen LogP contribution is -1.87. The summed E-state index contributed by atoms with van der Waals surface area (Å²) in [7, 11) is 0. The van der Waals surface area contributed by atoms with E-state index < -0.39 is 0 Å². The normalized spacial score (nSPS) is 10.6. The molecule has 0 bridgehead atoms. The second-order valence-electron chi connectivity index (χ2n) is 3.79. The van der Waals surface area contributed by atoms with Gasteiger partial charge in [0.2, 0.25) is 0 Å². The summed E-state index contributed by atoms with van der Waals surface area (Å²) < 4.78 is 0. The molecule has 1 nitrogen and oxygen atoms in total. The molecule has 2 aromatic carbocycles. The summed E-state index contributed by atoms with van der Waals surface area (Å²) in [6.07, 6.45) is 3.76. The zero-order chi connectivity index (χ0) is 11.9. The smallest absolute Gasteiger partial charge is 0.0639 e. The number of hydrogen-bond donors (Lipinski definition) is 0. The van der Waals surface area contributed by atoms with Crippen LogP contribution in [0.4, 0.5) is 0 Å². The Morgan fingerprint density at radius 1 is 0.882 bits per heavy atom. The molecule has 0 atom stereocenters. The van der Waals surface area contributed by atoms with Crippen LogP contribution in [0.5, 0.6) is 0 Å². The van der Waals surface area contributed by atoms with Gasteiger partial charge in [-0.05, 0) is 16.7 Å². The van der Waals surface area contributed by atoms with Crippen molar-refractivity contribution in [2.75, 3.05) is 0 Å². The summed E-state index contributed by atoms with van der Waals surface area (Å²) >= 11 is 0. The van der Waals surface area contributed by atoms with Crippen molar-refractivity contribution in [2.24, 2.45) is 4.99 Å². The fourth-order valence-electron chi connectivity index (χ4n) is 1.65. The van der Waals surface area contributed by atoms with Crippen molar-refractivity contribution in [1.82, 2.24) is 0 Å². The molecule has 0 radical (unpaired) electrons. The van der Waals surface area contributed by atoms with Crippen molar-refractivity contribution < 1.29 is 0 Å². The van der Waals surface area contributed by atoms with Crippen LogP contribution in [0.25, 0.3) is 6.08 Å². The van der Waals surface area contributed by atoms with Crippen molar-refractivity contribution in [1.29, 1.82) is 0 Å². The van der Waals surface area contributed by atoms with Crippen LogP contribution in [0.1, 0.15) is 16.7 Å². The minimum atomic E-state index is 0.715. The molecule has 2 aromatic rings. The second kappa shape index (κ2) is 5.80. The first-order valence-electron chi connectivity index (χ1n) is 5.65. The fraction of sp³-hybridized carbons (Fsp3) is 0.0625. The Kier molecular flexibility index (Phi) is 3.87. The van der Waals surface area contributed by atoms with Gasteiger partial charge in [-0.25, -0.2) is 0 Å². The first-order chi connectivity index (χ1) is 8.40. The highest BCUT2D eigenvalue weighted by atomic mass is 14.7. The number of benzene rings is 2. The number of aliphatic imine (C=N–C) groups is 1. The van der Waals surface area contributed by atoms with Gasteiger partial charge in [0.1, 0.15) is 0 Å². The van der Waals surface area contributed by atoms with Crippen molar-refractivity contribution in [2.45, 2.75) is 6.54 Å². The molecule has 0 aromatic heterocycles. The quantitative estimate of drug-likeness (QED) is 0.693. The monoisotopic (exact) mass is 221 g/mol. The average Bonchev–Trinajstić information content (AvgIpc) is 2.40. The summed E-state index contributed by atoms with van der Waals surface area (Å²) in [5, 5.41) is 0. The molecule has 0 unspecified atom stereocenters. The Labute approximate surface area is 102 Å². The predicted octanol–water partition coefficient (Wildman–Crippen LogP) is 3.95.